The van der Waals surface area contributed by atoms with Crippen molar-refractivity contribution in [2.75, 3.05) is 7.05 Å². The van der Waals surface area contributed by atoms with Gasteiger partial charge < -0.3 is 10.0 Å². The molecule has 3 heteroatoms. The third-order valence-corrected chi connectivity index (χ3v) is 4.18. The first-order chi connectivity index (χ1) is 6.70. The highest BCUT2D eigenvalue weighted by Gasteiger charge is 2.54. The SMILES string of the molecule is CN1C(=O)[C@@H]2[C@@H]([C@@H]3C=C[C@H]2CC3)[C@H]1O. The molecule has 3 nitrogen and oxygen atoms in total. The minimum absolute atomic E-state index is 0.0683. The zero-order valence-corrected chi connectivity index (χ0v) is 8.26. The molecule has 1 N–H and O–H groups in total. The average Bonchev–Trinajstić information content (AvgIpc) is 2.47. The van der Waals surface area contributed by atoms with Crippen molar-refractivity contribution in [3.8, 4) is 0 Å². The first-order valence-corrected chi connectivity index (χ1v) is 5.33. The molecule has 4 aliphatic rings. The normalized spacial score (nSPS) is 50.0. The number of amides is 1. The first kappa shape index (κ1) is 8.48. The van der Waals surface area contributed by atoms with Crippen molar-refractivity contribution in [2.45, 2.75) is 19.1 Å². The quantitative estimate of drug-likeness (QED) is 0.572. The zero-order valence-electron chi connectivity index (χ0n) is 8.26. The van der Waals surface area contributed by atoms with Crippen LogP contribution in [0.4, 0.5) is 0 Å². The molecule has 1 heterocycles. The van der Waals surface area contributed by atoms with Crippen molar-refractivity contribution < 1.29 is 9.90 Å². The van der Waals surface area contributed by atoms with Crippen molar-refractivity contribution in [3.05, 3.63) is 12.2 Å². The Morgan fingerprint density at radius 3 is 2.57 bits per heavy atom. The predicted octanol–water partition coefficient (Wildman–Crippen LogP) is 0.605. The summed E-state index contributed by atoms with van der Waals surface area (Å²) < 4.78 is 0. The van der Waals surface area contributed by atoms with Crippen molar-refractivity contribution in [2.24, 2.45) is 23.7 Å². The molecule has 0 aromatic rings. The number of carbonyl (C=O) groups is 1. The third-order valence-electron chi connectivity index (χ3n) is 4.18. The fraction of sp³-hybridized carbons (Fsp3) is 0.727. The maximum absolute atomic E-state index is 11.9. The van der Waals surface area contributed by atoms with Gasteiger partial charge in [0.05, 0.1) is 5.92 Å². The summed E-state index contributed by atoms with van der Waals surface area (Å²) in [5.74, 6) is 1.18. The molecular formula is C11H15NO2. The highest BCUT2D eigenvalue weighted by atomic mass is 16.3. The van der Waals surface area contributed by atoms with E-state index in [1.54, 1.807) is 7.05 Å². The van der Waals surface area contributed by atoms with E-state index in [9.17, 15) is 9.90 Å². The lowest BCUT2D eigenvalue weighted by atomic mass is 9.63. The number of hydrogen-bond donors (Lipinski definition) is 1. The Bertz CT molecular complexity index is 312. The second-order valence-corrected chi connectivity index (χ2v) is 4.76. The number of carbonyl (C=O) groups excluding carboxylic acids is 1. The third kappa shape index (κ3) is 0.836. The van der Waals surface area contributed by atoms with E-state index in [-0.39, 0.29) is 17.7 Å². The molecule has 4 rings (SSSR count). The number of allylic oxidation sites excluding steroid dienone is 2. The predicted molar refractivity (Wildman–Crippen MR) is 51.1 cm³/mol. The van der Waals surface area contributed by atoms with Gasteiger partial charge in [0.2, 0.25) is 5.91 Å². The Morgan fingerprint density at radius 1 is 1.36 bits per heavy atom. The molecular weight excluding hydrogens is 178 g/mol. The number of hydrogen-bond acceptors (Lipinski definition) is 2. The van der Waals surface area contributed by atoms with Gasteiger partial charge in [0.15, 0.2) is 0 Å². The van der Waals surface area contributed by atoms with Crippen molar-refractivity contribution in [1.29, 1.82) is 0 Å². The highest BCUT2D eigenvalue weighted by molar-refractivity contribution is 5.82. The lowest BCUT2D eigenvalue weighted by Gasteiger charge is -2.40. The molecule has 0 unspecified atom stereocenters. The average molecular weight is 193 g/mol. The first-order valence-electron chi connectivity index (χ1n) is 5.33. The van der Waals surface area contributed by atoms with Gasteiger partial charge in [-0.1, -0.05) is 12.2 Å². The summed E-state index contributed by atoms with van der Waals surface area (Å²) in [5.41, 5.74) is 0. The molecule has 0 radical (unpaired) electrons. The van der Waals surface area contributed by atoms with Gasteiger partial charge in [-0.3, -0.25) is 4.79 Å². The summed E-state index contributed by atoms with van der Waals surface area (Å²) in [7, 11) is 1.71. The molecule has 0 spiro atoms. The van der Waals surface area contributed by atoms with Gasteiger partial charge in [-0.15, -0.1) is 0 Å². The van der Waals surface area contributed by atoms with E-state index in [0.29, 0.717) is 11.8 Å². The molecule has 2 fully saturated rings. The van der Waals surface area contributed by atoms with Crippen LogP contribution in [0.3, 0.4) is 0 Å². The van der Waals surface area contributed by atoms with E-state index in [0.717, 1.165) is 12.8 Å². The molecule has 0 aromatic carbocycles. The topological polar surface area (TPSA) is 40.5 Å². The summed E-state index contributed by atoms with van der Waals surface area (Å²) >= 11 is 0. The molecule has 2 bridgehead atoms. The van der Waals surface area contributed by atoms with Gasteiger partial charge in [-0.05, 0) is 24.7 Å². The standard InChI is InChI=1S/C11H15NO2/c1-12-10(13)8-6-2-3-7(5-4-6)9(8)11(12)14/h2-3,6-10,13H,4-5H2,1H3/t6-,7+,8-,9+,10-/m1/s1. The van der Waals surface area contributed by atoms with Crippen LogP contribution in [-0.4, -0.2) is 29.2 Å². The lowest BCUT2D eigenvalue weighted by Crippen LogP contribution is -2.39. The van der Waals surface area contributed by atoms with Crippen molar-refractivity contribution in [1.82, 2.24) is 4.90 Å². The Kier molecular flexibility index (Phi) is 1.57. The fourth-order valence-corrected chi connectivity index (χ4v) is 3.41. The monoisotopic (exact) mass is 193 g/mol. The van der Waals surface area contributed by atoms with E-state index >= 15 is 0 Å². The molecule has 3 aliphatic carbocycles. The van der Waals surface area contributed by atoms with Crippen LogP contribution >= 0.6 is 0 Å². The Balaban J connectivity index is 2.03. The highest BCUT2D eigenvalue weighted by Crippen LogP contribution is 2.50. The minimum atomic E-state index is -0.551. The summed E-state index contributed by atoms with van der Waals surface area (Å²) in [6.07, 6.45) is 6.09. The van der Waals surface area contributed by atoms with Crippen LogP contribution in [-0.2, 0) is 4.79 Å². The molecule has 1 aliphatic heterocycles. The van der Waals surface area contributed by atoms with Crippen LogP contribution in [0, 0.1) is 23.7 Å². The summed E-state index contributed by atoms with van der Waals surface area (Å²) in [5, 5.41) is 9.96. The van der Waals surface area contributed by atoms with E-state index in [2.05, 4.69) is 12.2 Å². The van der Waals surface area contributed by atoms with E-state index < -0.39 is 6.23 Å². The van der Waals surface area contributed by atoms with Crippen LogP contribution in [0.15, 0.2) is 12.2 Å². The van der Waals surface area contributed by atoms with Crippen LogP contribution < -0.4 is 0 Å². The van der Waals surface area contributed by atoms with E-state index in [4.69, 9.17) is 0 Å². The molecule has 0 aromatic heterocycles. The van der Waals surface area contributed by atoms with Crippen LogP contribution in [0.25, 0.3) is 0 Å². The number of fused-ring (bicyclic) bond motifs is 1. The molecule has 1 amide bonds. The maximum atomic E-state index is 11.9. The second-order valence-electron chi connectivity index (χ2n) is 4.76. The number of aliphatic hydroxyl groups excluding tert-OH is 1. The van der Waals surface area contributed by atoms with E-state index in [1.807, 2.05) is 0 Å². The van der Waals surface area contributed by atoms with Crippen molar-refractivity contribution >= 4 is 5.91 Å². The number of nitrogens with zero attached hydrogens (tertiary/aromatic N) is 1. The summed E-state index contributed by atoms with van der Waals surface area (Å²) in [4.78, 5) is 13.4. The van der Waals surface area contributed by atoms with Gasteiger partial charge >= 0.3 is 0 Å². The molecule has 14 heavy (non-hydrogen) atoms. The summed E-state index contributed by atoms with van der Waals surface area (Å²) in [6, 6.07) is 0. The number of rotatable bonds is 0. The lowest BCUT2D eigenvalue weighted by molar-refractivity contribution is -0.134. The van der Waals surface area contributed by atoms with Gasteiger partial charge in [0, 0.05) is 13.0 Å². The Hall–Kier alpha value is -0.830. The van der Waals surface area contributed by atoms with Gasteiger partial charge in [0.25, 0.3) is 0 Å². The maximum Gasteiger partial charge on any atom is 0.228 e. The zero-order chi connectivity index (χ0) is 9.87. The Labute approximate surface area is 83.4 Å². The molecule has 1 saturated carbocycles. The van der Waals surface area contributed by atoms with E-state index in [1.165, 1.54) is 4.90 Å². The number of aliphatic hydroxyl groups is 1. The van der Waals surface area contributed by atoms with Crippen LogP contribution in [0.2, 0.25) is 0 Å². The Morgan fingerprint density at radius 2 is 2.00 bits per heavy atom. The molecule has 5 atom stereocenters. The molecule has 1 saturated heterocycles. The minimum Gasteiger partial charge on any atom is -0.373 e. The number of likely N-dealkylation sites (tertiary alicyclic amines) is 1. The van der Waals surface area contributed by atoms with Gasteiger partial charge in [-0.2, -0.15) is 0 Å². The van der Waals surface area contributed by atoms with Crippen LogP contribution in [0.1, 0.15) is 12.8 Å². The second kappa shape index (κ2) is 2.60. The largest absolute Gasteiger partial charge is 0.373 e. The van der Waals surface area contributed by atoms with Gasteiger partial charge in [0.1, 0.15) is 6.23 Å². The smallest absolute Gasteiger partial charge is 0.228 e. The van der Waals surface area contributed by atoms with Crippen molar-refractivity contribution in [3.63, 3.8) is 0 Å². The molecule has 76 valence electrons. The van der Waals surface area contributed by atoms with Crippen LogP contribution in [0.5, 0.6) is 0 Å². The summed E-state index contributed by atoms with van der Waals surface area (Å²) in [6.45, 7) is 0. The van der Waals surface area contributed by atoms with Gasteiger partial charge in [-0.25, -0.2) is 0 Å². The fourth-order valence-electron chi connectivity index (χ4n) is 3.41.